The zero-order valence-corrected chi connectivity index (χ0v) is 30.6. The molecule has 1 aliphatic heterocycles. The predicted molar refractivity (Wildman–Crippen MR) is 206 cm³/mol. The maximum absolute atomic E-state index is 9.31. The molecule has 0 saturated carbocycles. The lowest BCUT2D eigenvalue weighted by molar-refractivity contribution is 0.276. The van der Waals surface area contributed by atoms with Crippen LogP contribution in [0.5, 0.6) is 17.2 Å². The third-order valence-corrected chi connectivity index (χ3v) is 9.78. The van der Waals surface area contributed by atoms with Gasteiger partial charge in [0.1, 0.15) is 43.1 Å². The molecular weight excluding hydrogens is 672 g/mol. The summed E-state index contributed by atoms with van der Waals surface area (Å²) >= 11 is 6.86. The molecule has 1 saturated heterocycles. The van der Waals surface area contributed by atoms with Gasteiger partial charge in [0.2, 0.25) is 0 Å². The van der Waals surface area contributed by atoms with Crippen LogP contribution < -0.4 is 19.5 Å². The lowest BCUT2D eigenvalue weighted by Gasteiger charge is -2.20. The standard InChI is InChI=1S/C43H45ClN4O4/c1-30-35(7-5-9-39(30)40-10-6-8-38(31(40)2)34-11-13-37(14-12-34)50-20-16-46-15-19-49)29-52-43-23-42(51-28-33-21-32(24-45)25-47-26-33)36(22-41(43)44)27-48-17-3-4-18-48/h5-14,21-23,25-26,46,49H,3-4,15-20,27-29H2,1-2H3. The zero-order valence-electron chi connectivity index (χ0n) is 29.8. The highest BCUT2D eigenvalue weighted by molar-refractivity contribution is 6.32. The lowest BCUT2D eigenvalue weighted by Crippen LogP contribution is -2.23. The number of nitriles is 1. The van der Waals surface area contributed by atoms with Crippen molar-refractivity contribution in [3.63, 3.8) is 0 Å². The number of ether oxygens (including phenoxy) is 3. The molecule has 1 aliphatic rings. The predicted octanol–water partition coefficient (Wildman–Crippen LogP) is 8.27. The molecule has 268 valence electrons. The van der Waals surface area contributed by atoms with Crippen LogP contribution in [-0.4, -0.2) is 54.4 Å². The number of aliphatic hydroxyl groups excluding tert-OH is 1. The Morgan fingerprint density at radius 2 is 1.54 bits per heavy atom. The van der Waals surface area contributed by atoms with Crippen LogP contribution in [0, 0.1) is 25.2 Å². The molecule has 5 aromatic rings. The van der Waals surface area contributed by atoms with Crippen LogP contribution >= 0.6 is 11.6 Å². The fraction of sp³-hybridized carbons (Fsp3) is 0.302. The monoisotopic (exact) mass is 716 g/mol. The molecular formula is C43H45ClN4O4. The molecule has 0 unspecified atom stereocenters. The molecule has 0 aliphatic carbocycles. The van der Waals surface area contributed by atoms with Crippen molar-refractivity contribution in [1.29, 1.82) is 5.26 Å². The summed E-state index contributed by atoms with van der Waals surface area (Å²) in [5.41, 5.74) is 10.3. The molecule has 6 rings (SSSR count). The van der Waals surface area contributed by atoms with Crippen molar-refractivity contribution < 1.29 is 19.3 Å². The van der Waals surface area contributed by atoms with Crippen LogP contribution in [0.25, 0.3) is 22.3 Å². The minimum Gasteiger partial charge on any atom is -0.492 e. The quantitative estimate of drug-likeness (QED) is 0.0985. The van der Waals surface area contributed by atoms with E-state index in [0.29, 0.717) is 48.4 Å². The molecule has 2 heterocycles. The Hall–Kier alpha value is -4.91. The number of halogens is 1. The first-order valence-electron chi connectivity index (χ1n) is 17.8. The maximum atomic E-state index is 9.31. The molecule has 52 heavy (non-hydrogen) atoms. The van der Waals surface area contributed by atoms with Crippen LogP contribution in [-0.2, 0) is 19.8 Å². The SMILES string of the molecule is Cc1c(COc2cc(OCc3cncc(C#N)c3)c(CN3CCCC3)cc2Cl)cccc1-c1cccc(-c2ccc(OCCNCCO)cc2)c1C. The van der Waals surface area contributed by atoms with Gasteiger partial charge in [-0.25, -0.2) is 0 Å². The van der Waals surface area contributed by atoms with Gasteiger partial charge in [-0.15, -0.1) is 0 Å². The molecule has 2 N–H and O–H groups in total. The summed E-state index contributed by atoms with van der Waals surface area (Å²) in [5.74, 6) is 2.08. The molecule has 0 bridgehead atoms. The third-order valence-electron chi connectivity index (χ3n) is 9.48. The van der Waals surface area contributed by atoms with Crippen molar-refractivity contribution in [3.8, 4) is 45.6 Å². The Labute approximate surface area is 311 Å². The zero-order chi connectivity index (χ0) is 36.3. The van der Waals surface area contributed by atoms with Crippen LogP contribution in [0.15, 0.2) is 91.3 Å². The van der Waals surface area contributed by atoms with E-state index < -0.39 is 0 Å². The van der Waals surface area contributed by atoms with Gasteiger partial charge in [-0.2, -0.15) is 5.26 Å². The number of nitrogens with one attached hydrogen (secondary N) is 1. The highest BCUT2D eigenvalue weighted by atomic mass is 35.5. The fourth-order valence-corrected chi connectivity index (χ4v) is 6.86. The van der Waals surface area contributed by atoms with Crippen LogP contribution in [0.3, 0.4) is 0 Å². The highest BCUT2D eigenvalue weighted by Crippen LogP contribution is 2.37. The van der Waals surface area contributed by atoms with Crippen molar-refractivity contribution in [2.45, 2.75) is 46.4 Å². The number of nitrogens with zero attached hydrogens (tertiary/aromatic N) is 3. The second-order valence-electron chi connectivity index (χ2n) is 13.1. The number of hydrogen-bond acceptors (Lipinski definition) is 8. The second-order valence-corrected chi connectivity index (χ2v) is 13.5. The van der Waals surface area contributed by atoms with Gasteiger partial charge >= 0.3 is 0 Å². The van der Waals surface area contributed by atoms with Gasteiger partial charge in [-0.1, -0.05) is 60.1 Å². The van der Waals surface area contributed by atoms with E-state index in [1.165, 1.54) is 24.0 Å². The number of benzene rings is 4. The van der Waals surface area contributed by atoms with Crippen molar-refractivity contribution in [2.24, 2.45) is 0 Å². The molecule has 0 radical (unpaired) electrons. The van der Waals surface area contributed by atoms with E-state index in [2.05, 4.69) is 83.6 Å². The molecule has 0 atom stereocenters. The molecule has 1 aromatic heterocycles. The van der Waals surface area contributed by atoms with Gasteiger partial charge in [-0.3, -0.25) is 9.88 Å². The maximum Gasteiger partial charge on any atom is 0.142 e. The molecule has 1 fully saturated rings. The van der Waals surface area contributed by atoms with E-state index in [0.717, 1.165) is 64.3 Å². The molecule has 8 nitrogen and oxygen atoms in total. The smallest absolute Gasteiger partial charge is 0.142 e. The second kappa shape index (κ2) is 18.0. The highest BCUT2D eigenvalue weighted by Gasteiger charge is 2.19. The molecule has 4 aromatic carbocycles. The third kappa shape index (κ3) is 9.30. The summed E-state index contributed by atoms with van der Waals surface area (Å²) in [6.07, 6.45) is 5.64. The number of pyridine rings is 1. The summed E-state index contributed by atoms with van der Waals surface area (Å²) < 4.78 is 18.6. The van der Waals surface area contributed by atoms with Gasteiger partial charge in [0.05, 0.1) is 17.2 Å². The molecule has 0 amide bonds. The van der Waals surface area contributed by atoms with Crippen LogP contribution in [0.4, 0.5) is 0 Å². The van der Waals surface area contributed by atoms with Crippen LogP contribution in [0.1, 0.15) is 46.2 Å². The van der Waals surface area contributed by atoms with Crippen molar-refractivity contribution in [2.75, 3.05) is 39.4 Å². The Bertz CT molecular complexity index is 2000. The van der Waals surface area contributed by atoms with Crippen LogP contribution in [0.2, 0.25) is 5.02 Å². The summed E-state index contributed by atoms with van der Waals surface area (Å²) in [4.78, 5) is 6.59. The van der Waals surface area contributed by atoms with Gasteiger partial charge < -0.3 is 24.6 Å². The van der Waals surface area contributed by atoms with E-state index in [1.807, 2.05) is 24.3 Å². The van der Waals surface area contributed by atoms with Gasteiger partial charge in [0.25, 0.3) is 0 Å². The van der Waals surface area contributed by atoms with Crippen molar-refractivity contribution in [3.05, 3.63) is 130 Å². The Balaban J connectivity index is 1.19. The number of aromatic nitrogens is 1. The summed E-state index contributed by atoms with van der Waals surface area (Å²) in [6, 6.07) is 28.8. The van der Waals surface area contributed by atoms with Crippen molar-refractivity contribution in [1.82, 2.24) is 15.2 Å². The van der Waals surface area contributed by atoms with E-state index in [4.69, 9.17) is 30.9 Å². The minimum atomic E-state index is 0.117. The largest absolute Gasteiger partial charge is 0.492 e. The Morgan fingerprint density at radius 1 is 0.808 bits per heavy atom. The van der Waals surface area contributed by atoms with Gasteiger partial charge in [0.15, 0.2) is 0 Å². The number of rotatable bonds is 16. The number of likely N-dealkylation sites (tertiary alicyclic amines) is 1. The van der Waals surface area contributed by atoms with E-state index >= 15 is 0 Å². The minimum absolute atomic E-state index is 0.117. The summed E-state index contributed by atoms with van der Waals surface area (Å²) in [5, 5.41) is 21.9. The molecule has 0 spiro atoms. The first kappa shape index (κ1) is 36.9. The van der Waals surface area contributed by atoms with E-state index in [-0.39, 0.29) is 13.2 Å². The first-order chi connectivity index (χ1) is 25.4. The molecule has 9 heteroatoms. The summed E-state index contributed by atoms with van der Waals surface area (Å²) in [7, 11) is 0. The average Bonchev–Trinajstić information content (AvgIpc) is 3.68. The fourth-order valence-electron chi connectivity index (χ4n) is 6.62. The number of hydrogen-bond donors (Lipinski definition) is 2. The Morgan fingerprint density at radius 3 is 2.31 bits per heavy atom. The topological polar surface area (TPSA) is 99.9 Å². The van der Waals surface area contributed by atoms with E-state index in [9.17, 15) is 5.26 Å². The van der Waals surface area contributed by atoms with Gasteiger partial charge in [0, 0.05) is 49.2 Å². The Kier molecular flexibility index (Phi) is 12.8. The average molecular weight is 717 g/mol. The summed E-state index contributed by atoms with van der Waals surface area (Å²) in [6.45, 7) is 9.66. The van der Waals surface area contributed by atoms with E-state index in [1.54, 1.807) is 18.5 Å². The number of aliphatic hydroxyl groups is 1. The van der Waals surface area contributed by atoms with Gasteiger partial charge in [-0.05, 0) is 103 Å². The first-order valence-corrected chi connectivity index (χ1v) is 18.2. The lowest BCUT2D eigenvalue weighted by atomic mass is 9.89. The van der Waals surface area contributed by atoms with Crippen molar-refractivity contribution >= 4 is 11.6 Å². The normalized spacial score (nSPS) is 12.8.